The van der Waals surface area contributed by atoms with Gasteiger partial charge in [-0.2, -0.15) is 5.10 Å². The zero-order valence-electron chi connectivity index (χ0n) is 21.2. The Hall–Kier alpha value is -3.76. The lowest BCUT2D eigenvalue weighted by atomic mass is 9.93. The zero-order chi connectivity index (χ0) is 26.2. The van der Waals surface area contributed by atoms with Crippen LogP contribution >= 0.6 is 11.3 Å². The number of halogens is 1. The number of hydrogen-bond acceptors (Lipinski definition) is 4. The van der Waals surface area contributed by atoms with Gasteiger partial charge in [-0.05, 0) is 82.1 Å². The van der Waals surface area contributed by atoms with Crippen LogP contribution in [0.15, 0.2) is 60.1 Å². The molecule has 0 atom stereocenters. The van der Waals surface area contributed by atoms with Gasteiger partial charge in [-0.3, -0.25) is 9.48 Å². The number of piperidine rings is 1. The van der Waals surface area contributed by atoms with Crippen LogP contribution in [-0.4, -0.2) is 38.7 Å². The molecule has 1 fully saturated rings. The maximum Gasteiger partial charge on any atom is 0.253 e. The summed E-state index contributed by atoms with van der Waals surface area (Å²) in [5, 5.41) is 7.71. The molecule has 4 aromatic rings. The van der Waals surface area contributed by atoms with Gasteiger partial charge >= 0.3 is 0 Å². The SMILES string of the molecule is C#Cc1ccc(C(=O)N2CCC(c3csc(-c4cnn(C(C)(C)C)c4-c4ccc(F)cc4)n3)CC2)cc1. The molecule has 5 nitrogen and oxygen atoms in total. The maximum atomic E-state index is 13.6. The summed E-state index contributed by atoms with van der Waals surface area (Å²) in [4.78, 5) is 19.9. The van der Waals surface area contributed by atoms with Crippen LogP contribution in [0, 0.1) is 18.2 Å². The Labute approximate surface area is 221 Å². The van der Waals surface area contributed by atoms with Gasteiger partial charge in [0.1, 0.15) is 10.8 Å². The highest BCUT2D eigenvalue weighted by atomic mass is 32.1. The van der Waals surface area contributed by atoms with Crippen molar-refractivity contribution in [3.05, 3.63) is 82.7 Å². The van der Waals surface area contributed by atoms with Crippen molar-refractivity contribution in [1.82, 2.24) is 19.7 Å². The van der Waals surface area contributed by atoms with Gasteiger partial charge < -0.3 is 4.90 Å². The van der Waals surface area contributed by atoms with Crippen molar-refractivity contribution >= 4 is 17.2 Å². The predicted octanol–water partition coefficient (Wildman–Crippen LogP) is 6.57. The van der Waals surface area contributed by atoms with Crippen molar-refractivity contribution in [2.24, 2.45) is 0 Å². The highest BCUT2D eigenvalue weighted by Gasteiger charge is 2.28. The predicted molar refractivity (Wildman–Crippen MR) is 146 cm³/mol. The Morgan fingerprint density at radius 2 is 1.76 bits per heavy atom. The number of likely N-dealkylation sites (tertiary alicyclic amines) is 1. The Morgan fingerprint density at radius 3 is 2.38 bits per heavy atom. The monoisotopic (exact) mass is 512 g/mol. The number of thiazole rings is 1. The molecule has 1 aliphatic rings. The highest BCUT2D eigenvalue weighted by Crippen LogP contribution is 2.39. The molecule has 37 heavy (non-hydrogen) atoms. The number of carbonyl (C=O) groups excluding carboxylic acids is 1. The minimum Gasteiger partial charge on any atom is -0.339 e. The first kappa shape index (κ1) is 24.9. The molecule has 5 rings (SSSR count). The molecule has 3 heterocycles. The molecule has 1 saturated heterocycles. The van der Waals surface area contributed by atoms with Crippen LogP contribution in [0.3, 0.4) is 0 Å². The number of amides is 1. The standard InChI is InChI=1S/C30H29FN4OS/c1-5-20-6-8-23(9-7-20)29(36)34-16-14-21(15-17-34)26-19-37-28(33-26)25-18-32-35(30(2,3)4)27(25)22-10-12-24(31)13-11-22/h1,6-13,18-19,21H,14-17H2,2-4H3. The fraction of sp³-hybridized carbons (Fsp3) is 0.300. The average molecular weight is 513 g/mol. The summed E-state index contributed by atoms with van der Waals surface area (Å²) in [5.41, 5.74) is 5.03. The second-order valence-electron chi connectivity index (χ2n) is 10.4. The van der Waals surface area contributed by atoms with Gasteiger partial charge in [-0.15, -0.1) is 17.8 Å². The summed E-state index contributed by atoms with van der Waals surface area (Å²) in [6.45, 7) is 7.68. The van der Waals surface area contributed by atoms with Crippen LogP contribution in [0.25, 0.3) is 21.8 Å². The number of nitrogens with zero attached hydrogens (tertiary/aromatic N) is 4. The van der Waals surface area contributed by atoms with E-state index in [1.165, 1.54) is 12.1 Å². The number of benzene rings is 2. The van der Waals surface area contributed by atoms with E-state index in [-0.39, 0.29) is 17.3 Å². The van der Waals surface area contributed by atoms with Gasteiger partial charge in [0, 0.05) is 41.1 Å². The molecule has 0 spiro atoms. The van der Waals surface area contributed by atoms with Crippen molar-refractivity contribution in [1.29, 1.82) is 0 Å². The normalized spacial score (nSPS) is 14.5. The van der Waals surface area contributed by atoms with E-state index < -0.39 is 0 Å². The Bertz CT molecular complexity index is 1450. The lowest BCUT2D eigenvalue weighted by Crippen LogP contribution is -2.38. The van der Waals surface area contributed by atoms with Gasteiger partial charge in [0.05, 0.1) is 28.7 Å². The van der Waals surface area contributed by atoms with E-state index in [1.807, 2.05) is 15.8 Å². The summed E-state index contributed by atoms with van der Waals surface area (Å²) in [6.07, 6.45) is 9.01. The molecule has 188 valence electrons. The number of aromatic nitrogens is 3. The molecule has 1 amide bonds. The maximum absolute atomic E-state index is 13.6. The van der Waals surface area contributed by atoms with Crippen LogP contribution in [0.1, 0.15) is 61.1 Å². The molecule has 2 aromatic carbocycles. The number of carbonyl (C=O) groups is 1. The van der Waals surface area contributed by atoms with E-state index >= 15 is 0 Å². The number of hydrogen-bond donors (Lipinski definition) is 0. The Balaban J connectivity index is 1.34. The fourth-order valence-corrected chi connectivity index (χ4v) is 5.68. The molecule has 7 heteroatoms. The molecule has 0 N–H and O–H groups in total. The fourth-order valence-electron chi connectivity index (χ4n) is 4.77. The molecule has 0 saturated carbocycles. The average Bonchev–Trinajstić information content (AvgIpc) is 3.57. The van der Waals surface area contributed by atoms with Gasteiger partial charge in [0.15, 0.2) is 0 Å². The molecule has 0 aliphatic carbocycles. The number of rotatable bonds is 4. The molecular formula is C30H29FN4OS. The topological polar surface area (TPSA) is 51.0 Å². The van der Waals surface area contributed by atoms with E-state index in [2.05, 4.69) is 37.2 Å². The third-order valence-electron chi connectivity index (χ3n) is 6.77. The zero-order valence-corrected chi connectivity index (χ0v) is 22.1. The van der Waals surface area contributed by atoms with E-state index in [9.17, 15) is 9.18 Å². The van der Waals surface area contributed by atoms with E-state index in [0.717, 1.165) is 45.9 Å². The highest BCUT2D eigenvalue weighted by molar-refractivity contribution is 7.13. The van der Waals surface area contributed by atoms with Gasteiger partial charge in [0.25, 0.3) is 5.91 Å². The Morgan fingerprint density at radius 1 is 1.08 bits per heavy atom. The van der Waals surface area contributed by atoms with Crippen molar-refractivity contribution in [3.8, 4) is 34.2 Å². The summed E-state index contributed by atoms with van der Waals surface area (Å²) in [5.74, 6) is 2.65. The van der Waals surface area contributed by atoms with Crippen molar-refractivity contribution in [2.75, 3.05) is 13.1 Å². The van der Waals surface area contributed by atoms with Crippen LogP contribution in [0.4, 0.5) is 4.39 Å². The largest absolute Gasteiger partial charge is 0.339 e. The molecule has 0 unspecified atom stereocenters. The van der Waals surface area contributed by atoms with Gasteiger partial charge in [-0.25, -0.2) is 9.37 Å². The van der Waals surface area contributed by atoms with E-state index in [1.54, 1.807) is 47.7 Å². The van der Waals surface area contributed by atoms with Crippen molar-refractivity contribution < 1.29 is 9.18 Å². The minimum absolute atomic E-state index is 0.0412. The first-order chi connectivity index (χ1) is 17.7. The van der Waals surface area contributed by atoms with E-state index in [4.69, 9.17) is 11.4 Å². The minimum atomic E-state index is -0.266. The first-order valence-electron chi connectivity index (χ1n) is 12.4. The summed E-state index contributed by atoms with van der Waals surface area (Å²) >= 11 is 1.60. The van der Waals surface area contributed by atoms with Crippen LogP contribution in [0.2, 0.25) is 0 Å². The second-order valence-corrected chi connectivity index (χ2v) is 11.2. The first-order valence-corrected chi connectivity index (χ1v) is 13.3. The van der Waals surface area contributed by atoms with Crippen LogP contribution in [-0.2, 0) is 5.54 Å². The molecule has 1 aliphatic heterocycles. The smallest absolute Gasteiger partial charge is 0.253 e. The van der Waals surface area contributed by atoms with Crippen LogP contribution < -0.4 is 0 Å². The second kappa shape index (κ2) is 9.95. The lowest BCUT2D eigenvalue weighted by Gasteiger charge is -2.31. The third-order valence-corrected chi connectivity index (χ3v) is 7.67. The van der Waals surface area contributed by atoms with Crippen molar-refractivity contribution in [2.45, 2.75) is 45.1 Å². The molecule has 0 radical (unpaired) electrons. The van der Waals surface area contributed by atoms with Gasteiger partial charge in [0.2, 0.25) is 0 Å². The van der Waals surface area contributed by atoms with Gasteiger partial charge in [-0.1, -0.05) is 5.92 Å². The summed E-state index contributed by atoms with van der Waals surface area (Å²) in [6, 6.07) is 13.7. The summed E-state index contributed by atoms with van der Waals surface area (Å²) < 4.78 is 15.6. The third kappa shape index (κ3) is 5.07. The molecule has 0 bridgehead atoms. The van der Waals surface area contributed by atoms with Crippen molar-refractivity contribution in [3.63, 3.8) is 0 Å². The number of terminal acetylenes is 1. The lowest BCUT2D eigenvalue weighted by molar-refractivity contribution is 0.0712. The molecular weight excluding hydrogens is 483 g/mol. The Kier molecular flexibility index (Phi) is 6.70. The molecule has 2 aromatic heterocycles. The van der Waals surface area contributed by atoms with E-state index in [0.29, 0.717) is 24.6 Å². The van der Waals surface area contributed by atoms with Crippen LogP contribution in [0.5, 0.6) is 0 Å². The quantitative estimate of drug-likeness (QED) is 0.291. The summed E-state index contributed by atoms with van der Waals surface area (Å²) in [7, 11) is 0.